The van der Waals surface area contributed by atoms with E-state index >= 15 is 0 Å². The van der Waals surface area contributed by atoms with E-state index in [0.717, 1.165) is 38.9 Å². The molecule has 1 amide bonds. The van der Waals surface area contributed by atoms with E-state index in [2.05, 4.69) is 49.6 Å². The van der Waals surface area contributed by atoms with Gasteiger partial charge < -0.3 is 4.90 Å². The van der Waals surface area contributed by atoms with Crippen LogP contribution in [0.4, 0.5) is 0 Å². The van der Waals surface area contributed by atoms with Crippen molar-refractivity contribution in [2.24, 2.45) is 5.92 Å². The van der Waals surface area contributed by atoms with Crippen molar-refractivity contribution in [1.29, 1.82) is 0 Å². The van der Waals surface area contributed by atoms with Gasteiger partial charge in [-0.2, -0.15) is 4.52 Å². The van der Waals surface area contributed by atoms with Crippen LogP contribution in [0, 0.1) is 5.92 Å². The quantitative estimate of drug-likeness (QED) is 0.670. The summed E-state index contributed by atoms with van der Waals surface area (Å²) in [5.74, 6) is 0.659. The second-order valence-electron chi connectivity index (χ2n) is 8.74. The van der Waals surface area contributed by atoms with Crippen molar-refractivity contribution < 1.29 is 4.79 Å². The van der Waals surface area contributed by atoms with Crippen molar-refractivity contribution >= 4 is 11.6 Å². The van der Waals surface area contributed by atoms with Crippen LogP contribution in [0.3, 0.4) is 0 Å². The minimum absolute atomic E-state index is 0.105. The van der Waals surface area contributed by atoms with Crippen molar-refractivity contribution in [3.05, 3.63) is 59.3 Å². The fourth-order valence-corrected chi connectivity index (χ4v) is 5.49. The first-order valence-corrected chi connectivity index (χ1v) is 10.5. The molecule has 0 spiro atoms. The maximum atomic E-state index is 13.3. The Bertz CT molecular complexity index is 1050. The Kier molecular flexibility index (Phi) is 3.90. The van der Waals surface area contributed by atoms with Gasteiger partial charge in [-0.25, -0.2) is 0 Å². The molecule has 0 radical (unpaired) electrons. The maximum Gasteiger partial charge on any atom is 0.255 e. The van der Waals surface area contributed by atoms with Crippen LogP contribution in [0.5, 0.6) is 0 Å². The molecular weight excluding hydrogens is 364 g/mol. The van der Waals surface area contributed by atoms with E-state index in [-0.39, 0.29) is 11.9 Å². The molecule has 0 saturated carbocycles. The third-order valence-corrected chi connectivity index (χ3v) is 6.99. The summed E-state index contributed by atoms with van der Waals surface area (Å²) in [5.41, 5.74) is 4.32. The average Bonchev–Trinajstić information content (AvgIpc) is 3.30. The van der Waals surface area contributed by atoms with E-state index in [0.29, 0.717) is 23.2 Å². The van der Waals surface area contributed by atoms with E-state index in [4.69, 9.17) is 0 Å². The van der Waals surface area contributed by atoms with Gasteiger partial charge in [-0.05, 0) is 65.3 Å². The fourth-order valence-electron chi connectivity index (χ4n) is 5.49. The molecule has 148 valence electrons. The van der Waals surface area contributed by atoms with Crippen molar-refractivity contribution in [2.75, 3.05) is 19.6 Å². The number of fused-ring (bicyclic) bond motifs is 6. The van der Waals surface area contributed by atoms with Crippen LogP contribution in [-0.2, 0) is 12.8 Å². The minimum atomic E-state index is 0.105. The van der Waals surface area contributed by atoms with Crippen LogP contribution in [0.2, 0.25) is 0 Å². The Morgan fingerprint density at radius 1 is 0.931 bits per heavy atom. The standard InChI is InChI=1S/C22H24N6O/c29-22(18-6-8-21-23-24-25-28(21)13-18)27-12-15-5-7-19(27)14-26(11-15)20-9-16-3-1-2-4-17(16)10-20/h1-4,6,8,13,15,19-20H,5,7,9-12,14H2/t15-,19+/m0/s1. The summed E-state index contributed by atoms with van der Waals surface area (Å²) in [4.78, 5) is 18.1. The Hall–Kier alpha value is -2.80. The van der Waals surface area contributed by atoms with Crippen LogP contribution in [0.25, 0.3) is 5.65 Å². The highest BCUT2D eigenvalue weighted by atomic mass is 16.2. The molecule has 2 aromatic heterocycles. The molecule has 2 atom stereocenters. The first-order chi connectivity index (χ1) is 14.2. The molecule has 5 heterocycles. The lowest BCUT2D eigenvalue weighted by atomic mass is 9.94. The molecule has 3 aromatic rings. The molecule has 29 heavy (non-hydrogen) atoms. The third-order valence-electron chi connectivity index (χ3n) is 6.99. The molecular formula is C22H24N6O. The van der Waals surface area contributed by atoms with E-state index < -0.39 is 0 Å². The summed E-state index contributed by atoms with van der Waals surface area (Å²) < 4.78 is 1.57. The number of amides is 1. The zero-order chi connectivity index (χ0) is 19.4. The number of pyridine rings is 1. The van der Waals surface area contributed by atoms with Crippen LogP contribution in [-0.4, -0.2) is 67.5 Å². The lowest BCUT2D eigenvalue weighted by molar-refractivity contribution is 0.0581. The van der Waals surface area contributed by atoms with Gasteiger partial charge in [-0.3, -0.25) is 9.69 Å². The molecule has 3 fully saturated rings. The van der Waals surface area contributed by atoms with Gasteiger partial charge in [0.2, 0.25) is 0 Å². The number of aromatic nitrogens is 4. The van der Waals surface area contributed by atoms with Gasteiger partial charge in [0.25, 0.3) is 5.91 Å². The van der Waals surface area contributed by atoms with E-state index in [1.54, 1.807) is 10.7 Å². The smallest absolute Gasteiger partial charge is 0.255 e. The molecule has 0 unspecified atom stereocenters. The zero-order valence-corrected chi connectivity index (χ0v) is 16.3. The second-order valence-corrected chi connectivity index (χ2v) is 8.74. The Labute approximate surface area is 169 Å². The summed E-state index contributed by atoms with van der Waals surface area (Å²) in [6, 6.07) is 13.4. The van der Waals surface area contributed by atoms with E-state index in [1.165, 1.54) is 17.5 Å². The largest absolute Gasteiger partial charge is 0.334 e. The fraction of sp³-hybridized carbons (Fsp3) is 0.455. The summed E-state index contributed by atoms with van der Waals surface area (Å²) >= 11 is 0. The third kappa shape index (κ3) is 2.92. The lowest BCUT2D eigenvalue weighted by Crippen LogP contribution is -2.48. The number of hydrogen-bond donors (Lipinski definition) is 0. The number of carbonyl (C=O) groups is 1. The molecule has 7 heteroatoms. The molecule has 3 saturated heterocycles. The zero-order valence-electron chi connectivity index (χ0n) is 16.3. The summed E-state index contributed by atoms with van der Waals surface area (Å²) in [7, 11) is 0. The van der Waals surface area contributed by atoms with Crippen molar-refractivity contribution in [3.63, 3.8) is 0 Å². The van der Waals surface area contributed by atoms with Crippen LogP contribution < -0.4 is 0 Å². The van der Waals surface area contributed by atoms with E-state index in [1.807, 2.05) is 12.1 Å². The average molecular weight is 388 g/mol. The summed E-state index contributed by atoms with van der Waals surface area (Å²) in [5, 5.41) is 11.5. The number of rotatable bonds is 2. The van der Waals surface area contributed by atoms with Gasteiger partial charge in [-0.15, -0.1) is 5.10 Å². The van der Waals surface area contributed by atoms with Gasteiger partial charge in [0.05, 0.1) is 5.56 Å². The number of piperidine rings is 1. The Balaban J connectivity index is 1.23. The highest BCUT2D eigenvalue weighted by Gasteiger charge is 2.40. The number of nitrogens with zero attached hydrogens (tertiary/aromatic N) is 6. The molecule has 7 rings (SSSR count). The number of benzene rings is 1. The molecule has 7 nitrogen and oxygen atoms in total. The molecule has 3 aliphatic heterocycles. The molecule has 0 N–H and O–H groups in total. The van der Waals surface area contributed by atoms with Gasteiger partial charge in [0, 0.05) is 37.9 Å². The first kappa shape index (κ1) is 17.1. The van der Waals surface area contributed by atoms with Gasteiger partial charge >= 0.3 is 0 Å². The van der Waals surface area contributed by atoms with Gasteiger partial charge in [0.15, 0.2) is 5.65 Å². The Morgan fingerprint density at radius 3 is 2.59 bits per heavy atom. The predicted molar refractivity (Wildman–Crippen MR) is 108 cm³/mol. The predicted octanol–water partition coefficient (Wildman–Crippen LogP) is 1.83. The van der Waals surface area contributed by atoms with Crippen LogP contribution in [0.15, 0.2) is 42.6 Å². The van der Waals surface area contributed by atoms with Crippen molar-refractivity contribution in [3.8, 4) is 0 Å². The molecule has 1 aromatic carbocycles. The molecule has 1 aliphatic carbocycles. The summed E-state index contributed by atoms with van der Waals surface area (Å²) in [6.45, 7) is 2.94. The van der Waals surface area contributed by atoms with Crippen LogP contribution in [0.1, 0.15) is 34.3 Å². The SMILES string of the molecule is O=C(c1ccc2nnnn2c1)N1C[C@H]2CC[C@@H]1CN(C1Cc3ccccc3C1)C2. The van der Waals surface area contributed by atoms with E-state index in [9.17, 15) is 4.79 Å². The first-order valence-electron chi connectivity index (χ1n) is 10.5. The Morgan fingerprint density at radius 2 is 1.76 bits per heavy atom. The monoisotopic (exact) mass is 388 g/mol. The van der Waals surface area contributed by atoms with Gasteiger partial charge in [-0.1, -0.05) is 24.3 Å². The van der Waals surface area contributed by atoms with Crippen molar-refractivity contribution in [2.45, 2.75) is 37.8 Å². The highest BCUT2D eigenvalue weighted by Crippen LogP contribution is 2.33. The minimum Gasteiger partial charge on any atom is -0.334 e. The van der Waals surface area contributed by atoms with Crippen molar-refractivity contribution in [1.82, 2.24) is 29.8 Å². The van der Waals surface area contributed by atoms with Gasteiger partial charge in [0.1, 0.15) is 0 Å². The number of carbonyl (C=O) groups excluding carboxylic acids is 1. The number of tetrazole rings is 1. The maximum absolute atomic E-state index is 13.3. The molecule has 4 aliphatic rings. The topological polar surface area (TPSA) is 66.6 Å². The van der Waals surface area contributed by atoms with Crippen LogP contribution >= 0.6 is 0 Å². The second kappa shape index (κ2) is 6.62. The highest BCUT2D eigenvalue weighted by molar-refractivity contribution is 5.94. The number of hydrogen-bond acceptors (Lipinski definition) is 5. The lowest BCUT2D eigenvalue weighted by Gasteiger charge is -2.36. The molecule has 2 bridgehead atoms. The summed E-state index contributed by atoms with van der Waals surface area (Å²) in [6.07, 6.45) is 6.34. The normalized spacial score (nSPS) is 24.8.